The molecule has 4 heterocycles. The van der Waals surface area contributed by atoms with Crippen LogP contribution >= 0.6 is 23.5 Å². The third kappa shape index (κ3) is 4.94. The first-order chi connectivity index (χ1) is 18.2. The zero-order chi connectivity index (χ0) is 25.2. The molecule has 6 rings (SSSR count). The maximum atomic E-state index is 12.4. The summed E-state index contributed by atoms with van der Waals surface area (Å²) in [5.41, 5.74) is 4.01. The number of aromatic amines is 1. The largest absolute Gasteiger partial charge is 0.381 e. The van der Waals surface area contributed by atoms with Gasteiger partial charge in [0.15, 0.2) is 0 Å². The first-order valence-electron chi connectivity index (χ1n) is 12.2. The molecule has 2 aromatic carbocycles. The minimum absolute atomic E-state index is 0.0628. The quantitative estimate of drug-likeness (QED) is 0.262. The van der Waals surface area contributed by atoms with Crippen molar-refractivity contribution in [2.75, 3.05) is 42.3 Å². The Balaban J connectivity index is 1.21. The first-order valence-corrected chi connectivity index (χ1v) is 13.9. The lowest BCUT2D eigenvalue weighted by Crippen LogP contribution is -2.41. The molecule has 1 atom stereocenters. The van der Waals surface area contributed by atoms with Gasteiger partial charge in [0.2, 0.25) is 0 Å². The van der Waals surface area contributed by atoms with Crippen molar-refractivity contribution in [1.82, 2.24) is 9.97 Å². The van der Waals surface area contributed by atoms with Gasteiger partial charge in [0, 0.05) is 69.9 Å². The van der Waals surface area contributed by atoms with Crippen molar-refractivity contribution in [3.8, 4) is 0 Å². The third-order valence-corrected chi connectivity index (χ3v) is 9.16. The highest BCUT2D eigenvalue weighted by molar-refractivity contribution is 8.05. The van der Waals surface area contributed by atoms with Crippen LogP contribution in [-0.2, 0) is 11.3 Å². The predicted octanol–water partition coefficient (Wildman–Crippen LogP) is 5.62. The van der Waals surface area contributed by atoms with Crippen LogP contribution in [0.25, 0.3) is 0 Å². The Bertz CT molecular complexity index is 1490. The van der Waals surface area contributed by atoms with Gasteiger partial charge in [0.25, 0.3) is 5.56 Å². The SMILES string of the molecule is CNc1ncccc1CNc1ccc2c(c1)Sc1cccc(C3CN(c4ccc[nH]c4=O)CCO3)c1S2. The molecular formula is C28H27N5O2S2. The Labute approximate surface area is 224 Å². The molecule has 2 aliphatic rings. The van der Waals surface area contributed by atoms with Crippen molar-refractivity contribution in [2.24, 2.45) is 0 Å². The second-order valence-corrected chi connectivity index (χ2v) is 11.0. The Morgan fingerprint density at radius 2 is 2.03 bits per heavy atom. The van der Waals surface area contributed by atoms with E-state index in [1.807, 2.05) is 25.2 Å². The average molecular weight is 530 g/mol. The molecule has 0 bridgehead atoms. The van der Waals surface area contributed by atoms with Gasteiger partial charge in [0.1, 0.15) is 17.6 Å². The van der Waals surface area contributed by atoms with E-state index in [0.717, 1.165) is 17.1 Å². The molecule has 0 aliphatic carbocycles. The monoisotopic (exact) mass is 529 g/mol. The lowest BCUT2D eigenvalue weighted by Gasteiger charge is -2.35. The highest BCUT2D eigenvalue weighted by Gasteiger charge is 2.29. The summed E-state index contributed by atoms with van der Waals surface area (Å²) in [6.07, 6.45) is 3.37. The number of morpholine rings is 1. The summed E-state index contributed by atoms with van der Waals surface area (Å²) in [5, 5.41) is 6.69. The van der Waals surface area contributed by atoms with Crippen molar-refractivity contribution in [2.45, 2.75) is 32.2 Å². The summed E-state index contributed by atoms with van der Waals surface area (Å²) < 4.78 is 6.22. The van der Waals surface area contributed by atoms with Crippen LogP contribution in [0.1, 0.15) is 17.2 Å². The molecule has 1 fully saturated rings. The fourth-order valence-corrected chi connectivity index (χ4v) is 7.16. The highest BCUT2D eigenvalue weighted by atomic mass is 32.2. The number of ether oxygens (including phenoxy) is 1. The van der Waals surface area contributed by atoms with Gasteiger partial charge in [0.05, 0.1) is 6.61 Å². The Hall–Kier alpha value is -3.40. The summed E-state index contributed by atoms with van der Waals surface area (Å²) >= 11 is 3.59. The Morgan fingerprint density at radius 3 is 2.92 bits per heavy atom. The van der Waals surface area contributed by atoms with Crippen LogP contribution in [0.3, 0.4) is 0 Å². The van der Waals surface area contributed by atoms with Crippen LogP contribution < -0.4 is 21.1 Å². The zero-order valence-electron chi connectivity index (χ0n) is 20.4. The number of nitrogens with zero attached hydrogens (tertiary/aromatic N) is 2. The second kappa shape index (κ2) is 10.5. The molecule has 4 aromatic rings. The first kappa shape index (κ1) is 24.0. The summed E-state index contributed by atoms with van der Waals surface area (Å²) in [6.45, 7) is 2.63. The molecule has 0 spiro atoms. The molecule has 3 N–H and O–H groups in total. The maximum Gasteiger partial charge on any atom is 0.271 e. The number of hydrogen-bond acceptors (Lipinski definition) is 8. The molecule has 0 amide bonds. The van der Waals surface area contributed by atoms with Gasteiger partial charge in [-0.25, -0.2) is 4.98 Å². The molecule has 1 unspecified atom stereocenters. The van der Waals surface area contributed by atoms with Gasteiger partial charge in [-0.05, 0) is 48.0 Å². The Kier molecular flexibility index (Phi) is 6.82. The number of aromatic nitrogens is 2. The zero-order valence-corrected chi connectivity index (χ0v) is 22.0. The van der Waals surface area contributed by atoms with Crippen LogP contribution in [0.4, 0.5) is 17.2 Å². The van der Waals surface area contributed by atoms with E-state index in [-0.39, 0.29) is 11.7 Å². The van der Waals surface area contributed by atoms with Crippen LogP contribution in [0.15, 0.2) is 97.4 Å². The van der Waals surface area contributed by atoms with E-state index in [1.165, 1.54) is 25.1 Å². The van der Waals surface area contributed by atoms with Crippen molar-refractivity contribution >= 4 is 40.7 Å². The summed E-state index contributed by atoms with van der Waals surface area (Å²) in [4.78, 5) is 26.6. The number of fused-ring (bicyclic) bond motifs is 2. The minimum atomic E-state index is -0.0975. The van der Waals surface area contributed by atoms with Crippen molar-refractivity contribution in [3.63, 3.8) is 0 Å². The topological polar surface area (TPSA) is 82.3 Å². The fourth-order valence-electron chi connectivity index (χ4n) is 4.71. The van der Waals surface area contributed by atoms with E-state index in [0.29, 0.717) is 31.9 Å². The van der Waals surface area contributed by atoms with Crippen LogP contribution in [0.2, 0.25) is 0 Å². The van der Waals surface area contributed by atoms with E-state index in [9.17, 15) is 4.79 Å². The van der Waals surface area contributed by atoms with Gasteiger partial charge in [-0.15, -0.1) is 0 Å². The van der Waals surface area contributed by atoms with E-state index >= 15 is 0 Å². The lowest BCUT2D eigenvalue weighted by atomic mass is 10.1. The number of benzene rings is 2. The van der Waals surface area contributed by atoms with Crippen LogP contribution in [0.5, 0.6) is 0 Å². The molecule has 7 nitrogen and oxygen atoms in total. The number of pyridine rings is 2. The van der Waals surface area contributed by atoms with Gasteiger partial charge < -0.3 is 25.3 Å². The molecule has 0 saturated carbocycles. The van der Waals surface area contributed by atoms with Crippen molar-refractivity contribution < 1.29 is 4.74 Å². The summed E-state index contributed by atoms with van der Waals surface area (Å²) in [6, 6.07) is 20.8. The number of rotatable bonds is 6. The lowest BCUT2D eigenvalue weighted by molar-refractivity contribution is 0.0378. The fraction of sp³-hybridized carbons (Fsp3) is 0.214. The predicted molar refractivity (Wildman–Crippen MR) is 150 cm³/mol. The molecule has 0 radical (unpaired) electrons. The third-order valence-electron chi connectivity index (χ3n) is 6.55. The smallest absolute Gasteiger partial charge is 0.271 e. The molecule has 188 valence electrons. The molecule has 2 aromatic heterocycles. The van der Waals surface area contributed by atoms with E-state index in [2.05, 4.69) is 68.0 Å². The molecule has 2 aliphatic heterocycles. The summed E-state index contributed by atoms with van der Waals surface area (Å²) in [5.74, 6) is 0.889. The van der Waals surface area contributed by atoms with Gasteiger partial charge in [-0.3, -0.25) is 4.79 Å². The van der Waals surface area contributed by atoms with E-state index < -0.39 is 0 Å². The molecular weight excluding hydrogens is 502 g/mol. The van der Waals surface area contributed by atoms with Crippen molar-refractivity contribution in [3.05, 3.63) is 94.5 Å². The highest BCUT2D eigenvalue weighted by Crippen LogP contribution is 2.51. The summed E-state index contributed by atoms with van der Waals surface area (Å²) in [7, 11) is 1.89. The second-order valence-electron chi connectivity index (χ2n) is 8.84. The Morgan fingerprint density at radius 1 is 1.08 bits per heavy atom. The van der Waals surface area contributed by atoms with Crippen molar-refractivity contribution in [1.29, 1.82) is 0 Å². The molecule has 1 saturated heterocycles. The van der Waals surface area contributed by atoms with Gasteiger partial charge in [-0.2, -0.15) is 0 Å². The van der Waals surface area contributed by atoms with Crippen LogP contribution in [0, 0.1) is 0 Å². The van der Waals surface area contributed by atoms with E-state index in [4.69, 9.17) is 4.74 Å². The van der Waals surface area contributed by atoms with E-state index in [1.54, 1.807) is 35.9 Å². The average Bonchev–Trinajstić information content (AvgIpc) is 2.95. The molecule has 37 heavy (non-hydrogen) atoms. The minimum Gasteiger partial charge on any atom is -0.381 e. The van der Waals surface area contributed by atoms with Crippen LogP contribution in [-0.4, -0.2) is 36.7 Å². The number of anilines is 3. The number of nitrogens with one attached hydrogen (secondary N) is 3. The standard InChI is InChI=1S/C28H27N5O2S2/c1-29-27-18(5-3-11-30-27)16-32-19-9-10-23-25(15-19)36-24-8-2-6-20(26(24)37-23)22-17-33(13-14-35-22)21-7-4-12-31-28(21)34/h2-12,15,22,32H,13-14,16-17H2,1H3,(H,29,30)(H,31,34). The number of H-pyrrole nitrogens is 1. The maximum absolute atomic E-state index is 12.4. The molecule has 9 heteroatoms. The van der Waals surface area contributed by atoms with Gasteiger partial charge >= 0.3 is 0 Å². The number of hydrogen-bond donors (Lipinski definition) is 3. The van der Waals surface area contributed by atoms with Gasteiger partial charge in [-0.1, -0.05) is 41.7 Å². The normalized spacial score (nSPS) is 16.6.